The summed E-state index contributed by atoms with van der Waals surface area (Å²) in [6.45, 7) is -1.12. The lowest BCUT2D eigenvalue weighted by atomic mass is 10.1. The number of amides is 1. The van der Waals surface area contributed by atoms with Crippen molar-refractivity contribution in [3.05, 3.63) is 47.5 Å². The second-order valence-electron chi connectivity index (χ2n) is 5.16. The molecule has 0 aliphatic carbocycles. The molecule has 0 spiro atoms. The van der Waals surface area contributed by atoms with Crippen LogP contribution in [0.2, 0.25) is 0 Å². The van der Waals surface area contributed by atoms with Crippen molar-refractivity contribution in [1.29, 1.82) is 0 Å². The molecule has 1 aromatic heterocycles. The van der Waals surface area contributed by atoms with Gasteiger partial charge in [0, 0.05) is 0 Å². The van der Waals surface area contributed by atoms with Crippen molar-refractivity contribution in [3.8, 4) is 11.5 Å². The van der Waals surface area contributed by atoms with Gasteiger partial charge in [0.2, 0.25) is 0 Å². The summed E-state index contributed by atoms with van der Waals surface area (Å²) in [5.41, 5.74) is 1.77. The predicted octanol–water partition coefficient (Wildman–Crippen LogP) is 4.47. The van der Waals surface area contributed by atoms with Crippen molar-refractivity contribution in [2.45, 2.75) is 13.5 Å². The van der Waals surface area contributed by atoms with Gasteiger partial charge in [-0.15, -0.1) is 0 Å². The van der Waals surface area contributed by atoms with E-state index in [1.165, 1.54) is 36.6 Å². The SMILES string of the molecule is COc1cccc(C(=O)Nc2nc3ccc(C)cc3s2)c1OC(F)F. The van der Waals surface area contributed by atoms with Crippen LogP contribution in [0.4, 0.5) is 13.9 Å². The van der Waals surface area contributed by atoms with E-state index in [1.54, 1.807) is 0 Å². The highest BCUT2D eigenvalue weighted by Gasteiger charge is 2.21. The lowest BCUT2D eigenvalue weighted by Gasteiger charge is -2.13. The van der Waals surface area contributed by atoms with E-state index in [1.807, 2.05) is 25.1 Å². The van der Waals surface area contributed by atoms with Crippen molar-refractivity contribution >= 4 is 32.6 Å². The highest BCUT2D eigenvalue weighted by Crippen LogP contribution is 2.34. The van der Waals surface area contributed by atoms with E-state index in [0.717, 1.165) is 15.8 Å². The number of carbonyl (C=O) groups is 1. The van der Waals surface area contributed by atoms with E-state index in [0.29, 0.717) is 5.13 Å². The number of ether oxygens (including phenoxy) is 2. The topological polar surface area (TPSA) is 60.5 Å². The maximum absolute atomic E-state index is 12.7. The Morgan fingerprint density at radius 2 is 2.08 bits per heavy atom. The van der Waals surface area contributed by atoms with Gasteiger partial charge in [-0.1, -0.05) is 23.5 Å². The van der Waals surface area contributed by atoms with Gasteiger partial charge in [0.15, 0.2) is 16.6 Å². The number of nitrogens with one attached hydrogen (secondary N) is 1. The number of fused-ring (bicyclic) bond motifs is 1. The Hall–Kier alpha value is -2.74. The molecule has 0 fully saturated rings. The number of para-hydroxylation sites is 1. The zero-order valence-corrected chi connectivity index (χ0v) is 14.2. The van der Waals surface area contributed by atoms with Crippen LogP contribution in [0.25, 0.3) is 10.2 Å². The van der Waals surface area contributed by atoms with E-state index in [-0.39, 0.29) is 17.1 Å². The van der Waals surface area contributed by atoms with Crippen molar-refractivity contribution in [3.63, 3.8) is 0 Å². The Bertz CT molecular complexity index is 927. The molecule has 0 unspecified atom stereocenters. The van der Waals surface area contributed by atoms with Gasteiger partial charge < -0.3 is 9.47 Å². The Kier molecular flexibility index (Phi) is 4.80. The summed E-state index contributed by atoms with van der Waals surface area (Å²) in [6, 6.07) is 10.1. The largest absolute Gasteiger partial charge is 0.493 e. The van der Waals surface area contributed by atoms with Gasteiger partial charge in [-0.2, -0.15) is 8.78 Å². The minimum atomic E-state index is -3.08. The van der Waals surface area contributed by atoms with Crippen molar-refractivity contribution in [2.75, 3.05) is 12.4 Å². The van der Waals surface area contributed by atoms with Gasteiger partial charge in [-0.25, -0.2) is 4.98 Å². The smallest absolute Gasteiger partial charge is 0.387 e. The molecule has 0 saturated heterocycles. The average molecular weight is 364 g/mol. The summed E-state index contributed by atoms with van der Waals surface area (Å²) in [6.07, 6.45) is 0. The molecule has 1 N–H and O–H groups in total. The Morgan fingerprint density at radius 3 is 2.80 bits per heavy atom. The van der Waals surface area contributed by atoms with Crippen molar-refractivity contribution in [2.24, 2.45) is 0 Å². The molecule has 0 aliphatic rings. The quantitative estimate of drug-likeness (QED) is 0.726. The Balaban J connectivity index is 1.91. The summed E-state index contributed by atoms with van der Waals surface area (Å²) in [7, 11) is 1.31. The molecule has 3 aromatic rings. The van der Waals surface area contributed by atoms with Gasteiger partial charge in [0.05, 0.1) is 22.9 Å². The minimum Gasteiger partial charge on any atom is -0.493 e. The number of halogens is 2. The third-order valence-electron chi connectivity index (χ3n) is 3.41. The zero-order valence-electron chi connectivity index (χ0n) is 13.4. The van der Waals surface area contributed by atoms with Crippen LogP contribution in [0.5, 0.6) is 11.5 Å². The number of benzene rings is 2. The maximum Gasteiger partial charge on any atom is 0.387 e. The number of methoxy groups -OCH3 is 1. The third-order valence-corrected chi connectivity index (χ3v) is 4.35. The van der Waals surface area contributed by atoms with Crippen molar-refractivity contribution in [1.82, 2.24) is 4.98 Å². The molecule has 0 aliphatic heterocycles. The van der Waals surface area contributed by atoms with E-state index in [4.69, 9.17) is 4.74 Å². The summed E-state index contributed by atoms with van der Waals surface area (Å²) in [4.78, 5) is 16.8. The minimum absolute atomic E-state index is 0.0490. The number of aromatic nitrogens is 1. The lowest BCUT2D eigenvalue weighted by Crippen LogP contribution is -2.15. The molecule has 25 heavy (non-hydrogen) atoms. The van der Waals surface area contributed by atoms with Crippen LogP contribution in [0.1, 0.15) is 15.9 Å². The molecular formula is C17H14F2N2O3S. The summed E-state index contributed by atoms with van der Waals surface area (Å²) < 4.78 is 35.7. The fourth-order valence-corrected chi connectivity index (χ4v) is 3.27. The van der Waals surface area contributed by atoms with Gasteiger partial charge in [-0.3, -0.25) is 10.1 Å². The van der Waals surface area contributed by atoms with E-state index in [2.05, 4.69) is 15.0 Å². The Labute approximate surface area is 146 Å². The molecule has 2 aromatic carbocycles. The third kappa shape index (κ3) is 3.69. The normalized spacial score (nSPS) is 10.9. The number of carbonyl (C=O) groups excluding carboxylic acids is 1. The fourth-order valence-electron chi connectivity index (χ4n) is 2.32. The summed E-state index contributed by atoms with van der Waals surface area (Å²) in [5, 5.41) is 2.99. The number of alkyl halides is 2. The second-order valence-corrected chi connectivity index (χ2v) is 6.19. The number of hydrogen-bond acceptors (Lipinski definition) is 5. The molecule has 1 heterocycles. The standard InChI is InChI=1S/C17H14F2N2O3S/c1-9-6-7-11-13(8-9)25-17(20-11)21-15(22)10-4-3-5-12(23-2)14(10)24-16(18)19/h3-8,16H,1-2H3,(H,20,21,22). The average Bonchev–Trinajstić information content (AvgIpc) is 2.95. The first-order valence-electron chi connectivity index (χ1n) is 7.28. The van der Waals surface area contributed by atoms with Crippen LogP contribution in [-0.4, -0.2) is 24.6 Å². The molecule has 5 nitrogen and oxygen atoms in total. The van der Waals surface area contributed by atoms with Crippen LogP contribution < -0.4 is 14.8 Å². The lowest BCUT2D eigenvalue weighted by molar-refractivity contribution is -0.0515. The maximum atomic E-state index is 12.7. The molecule has 0 bridgehead atoms. The van der Waals surface area contributed by atoms with Gasteiger partial charge in [0.1, 0.15) is 0 Å². The number of thiazole rings is 1. The van der Waals surface area contributed by atoms with Crippen LogP contribution in [0, 0.1) is 6.92 Å². The second kappa shape index (κ2) is 7.02. The highest BCUT2D eigenvalue weighted by atomic mass is 32.1. The first-order chi connectivity index (χ1) is 12.0. The molecule has 1 amide bonds. The van der Waals surface area contributed by atoms with Crippen LogP contribution in [0.15, 0.2) is 36.4 Å². The molecule has 0 radical (unpaired) electrons. The molecule has 8 heteroatoms. The van der Waals surface area contributed by atoms with Crippen LogP contribution >= 0.6 is 11.3 Å². The van der Waals surface area contributed by atoms with Crippen molar-refractivity contribution < 1.29 is 23.0 Å². The summed E-state index contributed by atoms with van der Waals surface area (Å²) >= 11 is 1.30. The monoisotopic (exact) mass is 364 g/mol. The first-order valence-corrected chi connectivity index (χ1v) is 8.10. The molecule has 0 saturated carbocycles. The van der Waals surface area contributed by atoms with Crippen LogP contribution in [-0.2, 0) is 0 Å². The molecule has 0 atom stereocenters. The predicted molar refractivity (Wildman–Crippen MR) is 91.9 cm³/mol. The molecule has 3 rings (SSSR count). The number of hydrogen-bond donors (Lipinski definition) is 1. The number of anilines is 1. The van der Waals surface area contributed by atoms with Gasteiger partial charge >= 0.3 is 6.61 Å². The Morgan fingerprint density at radius 1 is 1.28 bits per heavy atom. The number of aryl methyl sites for hydroxylation is 1. The van der Waals surface area contributed by atoms with E-state index >= 15 is 0 Å². The number of rotatable bonds is 5. The first kappa shape index (κ1) is 17.1. The summed E-state index contributed by atoms with van der Waals surface area (Å²) in [5.74, 6) is -0.868. The zero-order chi connectivity index (χ0) is 18.0. The number of nitrogens with zero attached hydrogens (tertiary/aromatic N) is 1. The molecule has 130 valence electrons. The fraction of sp³-hybridized carbons (Fsp3) is 0.176. The highest BCUT2D eigenvalue weighted by molar-refractivity contribution is 7.22. The molecular weight excluding hydrogens is 350 g/mol. The van der Waals surface area contributed by atoms with E-state index < -0.39 is 12.5 Å². The van der Waals surface area contributed by atoms with Gasteiger partial charge in [0.25, 0.3) is 5.91 Å². The van der Waals surface area contributed by atoms with Crippen LogP contribution in [0.3, 0.4) is 0 Å². The van der Waals surface area contributed by atoms with Gasteiger partial charge in [-0.05, 0) is 36.8 Å². The van der Waals surface area contributed by atoms with E-state index in [9.17, 15) is 13.6 Å².